The average molecular weight is 147 g/mol. The third-order valence-corrected chi connectivity index (χ3v) is 2.16. The molecule has 0 saturated heterocycles. The van der Waals surface area contributed by atoms with Crippen LogP contribution in [0.2, 0.25) is 0 Å². The van der Waals surface area contributed by atoms with Gasteiger partial charge in [0.05, 0.1) is 7.11 Å². The molecule has 0 spiro atoms. The summed E-state index contributed by atoms with van der Waals surface area (Å²) in [5, 5.41) is 0. The molecule has 0 amide bonds. The van der Waals surface area contributed by atoms with Crippen molar-refractivity contribution in [3.05, 3.63) is 35.7 Å². The zero-order chi connectivity index (χ0) is 7.68. The highest BCUT2D eigenvalue weighted by Gasteiger charge is 2.14. The third kappa shape index (κ3) is 1.01. The quantitative estimate of drug-likeness (QED) is 0.590. The van der Waals surface area contributed by atoms with Gasteiger partial charge in [0.25, 0.3) is 0 Å². The topological polar surface area (TPSA) is 9.23 Å². The van der Waals surface area contributed by atoms with Gasteiger partial charge < -0.3 is 4.74 Å². The summed E-state index contributed by atoms with van der Waals surface area (Å²) in [5.41, 5.74) is 2.79. The number of ether oxygens (including phenoxy) is 1. The fourth-order valence-corrected chi connectivity index (χ4v) is 1.60. The van der Waals surface area contributed by atoms with Crippen LogP contribution in [0.5, 0.6) is 5.75 Å². The van der Waals surface area contributed by atoms with Crippen molar-refractivity contribution in [2.24, 2.45) is 0 Å². The lowest BCUT2D eigenvalue weighted by Gasteiger charge is -2.05. The lowest BCUT2D eigenvalue weighted by Crippen LogP contribution is -1.89. The first-order valence-corrected chi connectivity index (χ1v) is 3.88. The summed E-state index contributed by atoms with van der Waals surface area (Å²) in [5.74, 6) is 1.04. The van der Waals surface area contributed by atoms with E-state index < -0.39 is 0 Å². The molecule has 0 aromatic heterocycles. The third-order valence-electron chi connectivity index (χ3n) is 2.16. The van der Waals surface area contributed by atoms with Gasteiger partial charge in [-0.05, 0) is 36.5 Å². The van der Waals surface area contributed by atoms with Crippen LogP contribution in [0.4, 0.5) is 0 Å². The Labute approximate surface area is 67.0 Å². The molecular formula is C10H11O. The molecule has 1 radical (unpaired) electrons. The SMILES string of the molecule is COc1cccc2c1C[CH]C2. The van der Waals surface area contributed by atoms with Gasteiger partial charge in [0.1, 0.15) is 5.75 Å². The Morgan fingerprint density at radius 1 is 1.27 bits per heavy atom. The van der Waals surface area contributed by atoms with Crippen LogP contribution in [0, 0.1) is 6.42 Å². The molecule has 1 aromatic carbocycles. The lowest BCUT2D eigenvalue weighted by molar-refractivity contribution is 0.411. The highest BCUT2D eigenvalue weighted by atomic mass is 16.5. The second kappa shape index (κ2) is 2.57. The summed E-state index contributed by atoms with van der Waals surface area (Å²) in [6, 6.07) is 6.25. The Morgan fingerprint density at radius 2 is 2.18 bits per heavy atom. The minimum Gasteiger partial charge on any atom is -0.496 e. The maximum Gasteiger partial charge on any atom is 0.122 e. The maximum atomic E-state index is 5.24. The Kier molecular flexibility index (Phi) is 1.57. The summed E-state index contributed by atoms with van der Waals surface area (Å²) >= 11 is 0. The molecule has 0 N–H and O–H groups in total. The lowest BCUT2D eigenvalue weighted by atomic mass is 10.1. The average Bonchev–Trinajstić information content (AvgIpc) is 2.50. The van der Waals surface area contributed by atoms with E-state index in [4.69, 9.17) is 4.74 Å². The Balaban J connectivity index is 2.50. The summed E-state index contributed by atoms with van der Waals surface area (Å²) < 4.78 is 5.24. The molecule has 0 saturated carbocycles. The van der Waals surface area contributed by atoms with Crippen molar-refractivity contribution in [1.82, 2.24) is 0 Å². The van der Waals surface area contributed by atoms with Crippen molar-refractivity contribution in [3.8, 4) is 5.75 Å². The summed E-state index contributed by atoms with van der Waals surface area (Å²) in [4.78, 5) is 0. The fourth-order valence-electron chi connectivity index (χ4n) is 1.60. The van der Waals surface area contributed by atoms with Crippen molar-refractivity contribution >= 4 is 0 Å². The molecule has 1 nitrogen and oxygen atoms in total. The molecule has 57 valence electrons. The zero-order valence-electron chi connectivity index (χ0n) is 6.63. The van der Waals surface area contributed by atoms with E-state index in [1.807, 2.05) is 6.07 Å². The number of rotatable bonds is 1. The van der Waals surface area contributed by atoms with Gasteiger partial charge in [0, 0.05) is 0 Å². The second-order valence-electron chi connectivity index (χ2n) is 2.79. The molecule has 1 aliphatic rings. The number of methoxy groups -OCH3 is 1. The zero-order valence-corrected chi connectivity index (χ0v) is 6.63. The molecule has 0 aliphatic heterocycles. The molecule has 0 atom stereocenters. The van der Waals surface area contributed by atoms with E-state index in [9.17, 15) is 0 Å². The first-order chi connectivity index (χ1) is 5.42. The van der Waals surface area contributed by atoms with Gasteiger partial charge in [-0.3, -0.25) is 0 Å². The van der Waals surface area contributed by atoms with Crippen molar-refractivity contribution < 1.29 is 4.74 Å². The van der Waals surface area contributed by atoms with Gasteiger partial charge in [0.2, 0.25) is 0 Å². The second-order valence-corrected chi connectivity index (χ2v) is 2.79. The van der Waals surface area contributed by atoms with Crippen LogP contribution in [0.25, 0.3) is 0 Å². The monoisotopic (exact) mass is 147 g/mol. The summed E-state index contributed by atoms with van der Waals surface area (Å²) in [6.07, 6.45) is 4.46. The molecule has 0 bridgehead atoms. The van der Waals surface area contributed by atoms with Crippen molar-refractivity contribution in [1.29, 1.82) is 0 Å². The predicted molar refractivity (Wildman–Crippen MR) is 44.7 cm³/mol. The number of hydrogen-bond acceptors (Lipinski definition) is 1. The van der Waals surface area contributed by atoms with E-state index in [1.54, 1.807) is 7.11 Å². The highest BCUT2D eigenvalue weighted by molar-refractivity contribution is 5.45. The first kappa shape index (κ1) is 6.71. The standard InChI is InChI=1S/C10H11O/c1-11-10-7-3-5-8-4-2-6-9(8)10/h2-3,5,7H,4,6H2,1H3. The van der Waals surface area contributed by atoms with E-state index in [1.165, 1.54) is 11.1 Å². The molecule has 1 aromatic rings. The van der Waals surface area contributed by atoms with E-state index in [-0.39, 0.29) is 0 Å². The van der Waals surface area contributed by atoms with Crippen LogP contribution in [-0.4, -0.2) is 7.11 Å². The predicted octanol–water partition coefficient (Wildman–Crippen LogP) is 2.00. The van der Waals surface area contributed by atoms with Crippen LogP contribution in [0.15, 0.2) is 18.2 Å². The van der Waals surface area contributed by atoms with E-state index in [0.29, 0.717) is 0 Å². The van der Waals surface area contributed by atoms with Gasteiger partial charge in [-0.15, -0.1) is 0 Å². The minimum atomic E-state index is 1.04. The molecule has 0 heterocycles. The summed E-state index contributed by atoms with van der Waals surface area (Å²) in [7, 11) is 1.73. The molecule has 11 heavy (non-hydrogen) atoms. The Morgan fingerprint density at radius 3 is 3.00 bits per heavy atom. The highest BCUT2D eigenvalue weighted by Crippen LogP contribution is 2.29. The van der Waals surface area contributed by atoms with Gasteiger partial charge in [-0.1, -0.05) is 12.1 Å². The summed E-state index contributed by atoms with van der Waals surface area (Å²) in [6.45, 7) is 0. The van der Waals surface area contributed by atoms with E-state index in [2.05, 4.69) is 18.6 Å². The van der Waals surface area contributed by atoms with Crippen LogP contribution in [0.3, 0.4) is 0 Å². The number of fused-ring (bicyclic) bond motifs is 1. The van der Waals surface area contributed by atoms with Gasteiger partial charge in [-0.25, -0.2) is 0 Å². The van der Waals surface area contributed by atoms with Crippen LogP contribution < -0.4 is 4.74 Å². The maximum absolute atomic E-state index is 5.24. The Bertz CT molecular complexity index is 266. The van der Waals surface area contributed by atoms with Gasteiger partial charge in [-0.2, -0.15) is 0 Å². The Hall–Kier alpha value is -0.980. The normalized spacial score (nSPS) is 14.6. The van der Waals surface area contributed by atoms with Gasteiger partial charge in [0.15, 0.2) is 0 Å². The van der Waals surface area contributed by atoms with E-state index >= 15 is 0 Å². The number of hydrogen-bond donors (Lipinski definition) is 0. The first-order valence-electron chi connectivity index (χ1n) is 3.88. The molecule has 0 unspecified atom stereocenters. The molecule has 2 rings (SSSR count). The minimum absolute atomic E-state index is 1.04. The molecular weight excluding hydrogens is 136 g/mol. The van der Waals surface area contributed by atoms with Gasteiger partial charge >= 0.3 is 0 Å². The number of benzene rings is 1. The molecule has 0 fully saturated rings. The van der Waals surface area contributed by atoms with Crippen LogP contribution >= 0.6 is 0 Å². The molecule has 1 aliphatic carbocycles. The smallest absolute Gasteiger partial charge is 0.122 e. The molecule has 1 heteroatoms. The van der Waals surface area contributed by atoms with Crippen LogP contribution in [0.1, 0.15) is 11.1 Å². The fraction of sp³-hybridized carbons (Fsp3) is 0.300. The van der Waals surface area contributed by atoms with E-state index in [0.717, 1.165) is 18.6 Å². The van der Waals surface area contributed by atoms with Crippen LogP contribution in [-0.2, 0) is 12.8 Å². The van der Waals surface area contributed by atoms with Crippen molar-refractivity contribution in [3.63, 3.8) is 0 Å². The largest absolute Gasteiger partial charge is 0.496 e. The van der Waals surface area contributed by atoms with Crippen molar-refractivity contribution in [2.45, 2.75) is 12.8 Å². The van der Waals surface area contributed by atoms with Crippen molar-refractivity contribution in [2.75, 3.05) is 7.11 Å².